The predicted octanol–water partition coefficient (Wildman–Crippen LogP) is 5.27. The standard InChI is InChI=1S/C29H47NO5/c1-7-20-24-15-19(34-17(3)31)10-12-29(24,6)23-11-13-28(5)21(16(2)14-25(30)33)8-9-22(28)26(23)27(20)35-18(4)32/h16,19-24,26-27H,7-15H2,1-6H3,(H2,30,33)/t16-,19-,20-,21-,22+,23+,24+,26+,27-,28-,29-/m1/s1. The minimum Gasteiger partial charge on any atom is -0.463 e. The minimum absolute atomic E-state index is 0.0338. The second-order valence-electron chi connectivity index (χ2n) is 12.9. The molecule has 4 rings (SSSR count). The lowest BCUT2D eigenvalue weighted by Gasteiger charge is -2.65. The Balaban J connectivity index is 1.70. The number of hydrogen-bond acceptors (Lipinski definition) is 5. The summed E-state index contributed by atoms with van der Waals surface area (Å²) >= 11 is 0. The first-order chi connectivity index (χ1) is 16.4. The summed E-state index contributed by atoms with van der Waals surface area (Å²) in [5.41, 5.74) is 5.90. The van der Waals surface area contributed by atoms with Crippen LogP contribution in [-0.2, 0) is 23.9 Å². The molecule has 0 saturated heterocycles. The molecule has 0 heterocycles. The number of carbonyl (C=O) groups excluding carboxylic acids is 3. The summed E-state index contributed by atoms with van der Waals surface area (Å²) in [7, 11) is 0. The lowest BCUT2D eigenvalue weighted by molar-refractivity contribution is -0.219. The lowest BCUT2D eigenvalue weighted by Crippen LogP contribution is -2.63. The van der Waals surface area contributed by atoms with E-state index >= 15 is 0 Å². The Morgan fingerprint density at radius 3 is 2.14 bits per heavy atom. The number of esters is 2. The molecule has 4 aliphatic carbocycles. The number of ether oxygens (including phenoxy) is 2. The molecule has 0 aliphatic heterocycles. The summed E-state index contributed by atoms with van der Waals surface area (Å²) in [6, 6.07) is 0. The second-order valence-corrected chi connectivity index (χ2v) is 12.9. The van der Waals surface area contributed by atoms with Gasteiger partial charge in [-0.1, -0.05) is 27.7 Å². The van der Waals surface area contributed by atoms with Crippen LogP contribution in [0.2, 0.25) is 0 Å². The Morgan fingerprint density at radius 1 is 0.914 bits per heavy atom. The summed E-state index contributed by atoms with van der Waals surface area (Å²) in [5.74, 6) is 2.15. The third-order valence-electron chi connectivity index (χ3n) is 11.3. The Labute approximate surface area is 211 Å². The van der Waals surface area contributed by atoms with E-state index in [1.165, 1.54) is 6.92 Å². The number of rotatable bonds is 6. The van der Waals surface area contributed by atoms with Crippen molar-refractivity contribution in [2.45, 2.75) is 112 Å². The van der Waals surface area contributed by atoms with E-state index in [2.05, 4.69) is 27.7 Å². The molecule has 35 heavy (non-hydrogen) atoms. The van der Waals surface area contributed by atoms with Gasteiger partial charge in [-0.25, -0.2) is 0 Å². The molecule has 0 aromatic carbocycles. The highest BCUT2D eigenvalue weighted by Gasteiger charge is 2.66. The molecule has 0 radical (unpaired) electrons. The van der Waals surface area contributed by atoms with Crippen LogP contribution in [0.25, 0.3) is 0 Å². The lowest BCUT2D eigenvalue weighted by atomic mass is 9.41. The van der Waals surface area contributed by atoms with Gasteiger partial charge in [0.2, 0.25) is 5.91 Å². The van der Waals surface area contributed by atoms with Gasteiger partial charge in [0.1, 0.15) is 12.2 Å². The predicted molar refractivity (Wildman–Crippen MR) is 134 cm³/mol. The van der Waals surface area contributed by atoms with E-state index in [-0.39, 0.29) is 52.7 Å². The minimum atomic E-state index is -0.209. The van der Waals surface area contributed by atoms with Crippen molar-refractivity contribution in [1.82, 2.24) is 0 Å². The molecule has 11 atom stereocenters. The Bertz CT molecular complexity index is 843. The molecule has 1 amide bonds. The molecule has 0 aromatic heterocycles. The topological polar surface area (TPSA) is 95.7 Å². The summed E-state index contributed by atoms with van der Waals surface area (Å²) < 4.78 is 12.0. The van der Waals surface area contributed by atoms with Crippen LogP contribution in [0.5, 0.6) is 0 Å². The number of amides is 1. The molecule has 6 nitrogen and oxygen atoms in total. The summed E-state index contributed by atoms with van der Waals surface area (Å²) in [6.07, 6.45) is 8.68. The first kappa shape index (κ1) is 26.5. The highest BCUT2D eigenvalue weighted by molar-refractivity contribution is 5.74. The van der Waals surface area contributed by atoms with E-state index in [4.69, 9.17) is 15.2 Å². The average molecular weight is 490 g/mol. The molecule has 2 N–H and O–H groups in total. The number of carbonyl (C=O) groups is 3. The molecule has 4 aliphatic rings. The maximum Gasteiger partial charge on any atom is 0.302 e. The number of primary amides is 1. The van der Waals surface area contributed by atoms with Gasteiger partial charge in [0.25, 0.3) is 0 Å². The van der Waals surface area contributed by atoms with Gasteiger partial charge in [-0.05, 0) is 97.7 Å². The van der Waals surface area contributed by atoms with Crippen molar-refractivity contribution < 1.29 is 23.9 Å². The van der Waals surface area contributed by atoms with E-state index in [0.29, 0.717) is 36.0 Å². The number of hydrogen-bond donors (Lipinski definition) is 1. The molecule has 0 bridgehead atoms. The fourth-order valence-electron chi connectivity index (χ4n) is 10.0. The van der Waals surface area contributed by atoms with E-state index in [1.54, 1.807) is 6.92 Å². The highest BCUT2D eigenvalue weighted by atomic mass is 16.5. The Kier molecular flexibility index (Phi) is 7.34. The summed E-state index contributed by atoms with van der Waals surface area (Å²) in [4.78, 5) is 35.9. The molecule has 4 saturated carbocycles. The van der Waals surface area contributed by atoms with Crippen molar-refractivity contribution in [2.75, 3.05) is 0 Å². The molecule has 0 aromatic rings. The third kappa shape index (κ3) is 4.52. The smallest absolute Gasteiger partial charge is 0.302 e. The summed E-state index contributed by atoms with van der Waals surface area (Å²) in [5, 5.41) is 0. The van der Waals surface area contributed by atoms with Crippen LogP contribution in [0, 0.1) is 52.3 Å². The van der Waals surface area contributed by atoms with Crippen LogP contribution in [0.1, 0.15) is 99.3 Å². The normalized spacial score (nSPS) is 45.4. The first-order valence-electron chi connectivity index (χ1n) is 14.0. The van der Waals surface area contributed by atoms with Crippen molar-refractivity contribution in [3.05, 3.63) is 0 Å². The quantitative estimate of drug-likeness (QED) is 0.513. The van der Waals surface area contributed by atoms with Gasteiger partial charge in [0.05, 0.1) is 0 Å². The molecule has 198 valence electrons. The SMILES string of the molecule is CC[C@H]1[C@@H](OC(C)=O)[C@@H]2[C@H](CC[C@]3(C)[C@@H]([C@H](C)CC(N)=O)CC[C@@H]23)[C@@]2(C)CC[C@@H](OC(C)=O)C[C@@H]12. The van der Waals surface area contributed by atoms with Crippen molar-refractivity contribution in [3.8, 4) is 0 Å². The zero-order valence-electron chi connectivity index (χ0n) is 22.7. The van der Waals surface area contributed by atoms with Gasteiger partial charge in [-0.3, -0.25) is 14.4 Å². The van der Waals surface area contributed by atoms with Crippen LogP contribution >= 0.6 is 0 Å². The van der Waals surface area contributed by atoms with E-state index in [9.17, 15) is 14.4 Å². The first-order valence-corrected chi connectivity index (χ1v) is 14.0. The molecular weight excluding hydrogens is 442 g/mol. The molecule has 6 heteroatoms. The highest BCUT2D eigenvalue weighted by Crippen LogP contribution is 2.70. The maximum absolute atomic E-state index is 12.4. The van der Waals surface area contributed by atoms with Crippen LogP contribution < -0.4 is 5.73 Å². The van der Waals surface area contributed by atoms with Crippen LogP contribution in [-0.4, -0.2) is 30.1 Å². The number of fused-ring (bicyclic) bond motifs is 5. The van der Waals surface area contributed by atoms with Crippen LogP contribution in [0.4, 0.5) is 0 Å². The number of nitrogens with two attached hydrogens (primary N) is 1. The third-order valence-corrected chi connectivity index (χ3v) is 11.3. The molecule has 0 spiro atoms. The Morgan fingerprint density at radius 2 is 1.54 bits per heavy atom. The zero-order valence-corrected chi connectivity index (χ0v) is 22.7. The maximum atomic E-state index is 12.4. The van der Waals surface area contributed by atoms with Crippen LogP contribution in [0.15, 0.2) is 0 Å². The van der Waals surface area contributed by atoms with Gasteiger partial charge in [0, 0.05) is 26.2 Å². The second kappa shape index (κ2) is 9.70. The average Bonchev–Trinajstić information content (AvgIpc) is 3.11. The van der Waals surface area contributed by atoms with Gasteiger partial charge in [-0.15, -0.1) is 0 Å². The fourth-order valence-corrected chi connectivity index (χ4v) is 10.0. The van der Waals surface area contributed by atoms with E-state index in [1.807, 2.05) is 0 Å². The van der Waals surface area contributed by atoms with Gasteiger partial charge >= 0.3 is 11.9 Å². The molecule has 4 fully saturated rings. The van der Waals surface area contributed by atoms with Gasteiger partial charge < -0.3 is 15.2 Å². The van der Waals surface area contributed by atoms with E-state index in [0.717, 1.165) is 51.4 Å². The zero-order chi connectivity index (χ0) is 25.7. The van der Waals surface area contributed by atoms with Crippen molar-refractivity contribution in [2.24, 2.45) is 58.0 Å². The van der Waals surface area contributed by atoms with Gasteiger partial charge in [0.15, 0.2) is 0 Å². The summed E-state index contributed by atoms with van der Waals surface area (Å²) in [6.45, 7) is 12.4. The van der Waals surface area contributed by atoms with E-state index < -0.39 is 0 Å². The van der Waals surface area contributed by atoms with Crippen LogP contribution in [0.3, 0.4) is 0 Å². The molecular formula is C29H47NO5. The largest absolute Gasteiger partial charge is 0.463 e. The van der Waals surface area contributed by atoms with Crippen molar-refractivity contribution in [3.63, 3.8) is 0 Å². The van der Waals surface area contributed by atoms with Gasteiger partial charge in [-0.2, -0.15) is 0 Å². The van der Waals surface area contributed by atoms with Crippen molar-refractivity contribution >= 4 is 17.8 Å². The Hall–Kier alpha value is -1.59. The monoisotopic (exact) mass is 489 g/mol. The molecule has 0 unspecified atom stereocenters. The fraction of sp³-hybridized carbons (Fsp3) is 0.897. The van der Waals surface area contributed by atoms with Crippen molar-refractivity contribution in [1.29, 1.82) is 0 Å².